The van der Waals surface area contributed by atoms with Gasteiger partial charge >= 0.3 is 0 Å². The highest BCUT2D eigenvalue weighted by Gasteiger charge is 2.44. The third-order valence-electron chi connectivity index (χ3n) is 2.83. The quantitative estimate of drug-likeness (QED) is 0.802. The van der Waals surface area contributed by atoms with Crippen LogP contribution in [0.1, 0.15) is 19.0 Å². The Kier molecular flexibility index (Phi) is 2.53. The van der Waals surface area contributed by atoms with Crippen LogP contribution in [0.25, 0.3) is 0 Å². The molecule has 2 heterocycles. The first kappa shape index (κ1) is 10.3. The van der Waals surface area contributed by atoms with Crippen molar-refractivity contribution >= 4 is 23.4 Å². The van der Waals surface area contributed by atoms with Crippen LogP contribution in [-0.2, 0) is 12.6 Å². The minimum absolute atomic E-state index is 0.176. The van der Waals surface area contributed by atoms with E-state index in [2.05, 4.69) is 5.10 Å². The number of aliphatic hydroxyl groups is 1. The zero-order valence-electron chi connectivity index (χ0n) is 8.20. The van der Waals surface area contributed by atoms with Gasteiger partial charge in [0.2, 0.25) is 0 Å². The minimum atomic E-state index is -0.812. The first-order chi connectivity index (χ1) is 6.55. The highest BCUT2D eigenvalue weighted by molar-refractivity contribution is 8.00. The number of hydrogen-bond donors (Lipinski definition) is 1. The molecule has 78 valence electrons. The van der Waals surface area contributed by atoms with Crippen LogP contribution in [0.15, 0.2) is 6.20 Å². The van der Waals surface area contributed by atoms with E-state index < -0.39 is 5.60 Å². The molecule has 5 heteroatoms. The lowest BCUT2D eigenvalue weighted by Gasteiger charge is -2.27. The molecule has 2 rings (SSSR count). The molecule has 1 aromatic rings. The molecule has 14 heavy (non-hydrogen) atoms. The molecule has 0 saturated carbocycles. The van der Waals surface area contributed by atoms with E-state index in [-0.39, 0.29) is 5.25 Å². The summed E-state index contributed by atoms with van der Waals surface area (Å²) in [6.07, 6.45) is 2.34. The van der Waals surface area contributed by atoms with E-state index in [0.29, 0.717) is 5.02 Å². The summed E-state index contributed by atoms with van der Waals surface area (Å²) in [5, 5.41) is 15.3. The number of nitrogens with zero attached hydrogens (tertiary/aromatic N) is 2. The Hall–Kier alpha value is -0.190. The van der Waals surface area contributed by atoms with Gasteiger partial charge in [-0.15, -0.1) is 0 Å². The summed E-state index contributed by atoms with van der Waals surface area (Å²) in [5.74, 6) is 0.971. The van der Waals surface area contributed by atoms with Crippen LogP contribution in [0.4, 0.5) is 0 Å². The van der Waals surface area contributed by atoms with Gasteiger partial charge in [-0.3, -0.25) is 4.68 Å². The fraction of sp³-hybridized carbons (Fsp3) is 0.667. The SMILES string of the molecule is CC1SCCC1(O)c1c(Cl)cnn1C. The number of aromatic nitrogens is 2. The van der Waals surface area contributed by atoms with Crippen LogP contribution in [0.2, 0.25) is 5.02 Å². The monoisotopic (exact) mass is 232 g/mol. The van der Waals surface area contributed by atoms with Gasteiger partial charge in [-0.25, -0.2) is 0 Å². The zero-order chi connectivity index (χ0) is 10.3. The van der Waals surface area contributed by atoms with E-state index in [1.54, 1.807) is 22.6 Å². The van der Waals surface area contributed by atoms with Crippen LogP contribution in [0.5, 0.6) is 0 Å². The van der Waals surface area contributed by atoms with E-state index >= 15 is 0 Å². The van der Waals surface area contributed by atoms with Crippen molar-refractivity contribution in [3.63, 3.8) is 0 Å². The Labute approximate surface area is 92.4 Å². The van der Waals surface area contributed by atoms with Gasteiger partial charge in [0.25, 0.3) is 0 Å². The van der Waals surface area contributed by atoms with E-state index in [1.165, 1.54) is 0 Å². The molecule has 1 fully saturated rings. The van der Waals surface area contributed by atoms with Crippen molar-refractivity contribution in [2.45, 2.75) is 24.2 Å². The fourth-order valence-corrected chi connectivity index (χ4v) is 3.56. The first-order valence-corrected chi connectivity index (χ1v) is 6.00. The molecule has 0 amide bonds. The summed E-state index contributed by atoms with van der Waals surface area (Å²) in [5.41, 5.74) is -0.0656. The smallest absolute Gasteiger partial charge is 0.120 e. The lowest BCUT2D eigenvalue weighted by Crippen LogP contribution is -2.34. The molecule has 2 unspecified atom stereocenters. The van der Waals surface area contributed by atoms with Gasteiger partial charge < -0.3 is 5.11 Å². The van der Waals surface area contributed by atoms with Gasteiger partial charge in [-0.1, -0.05) is 18.5 Å². The molecule has 1 aliphatic heterocycles. The second kappa shape index (κ2) is 3.43. The van der Waals surface area contributed by atoms with Crippen LogP contribution < -0.4 is 0 Å². The normalized spacial score (nSPS) is 32.4. The fourth-order valence-electron chi connectivity index (χ4n) is 1.94. The second-order valence-corrected chi connectivity index (χ2v) is 5.51. The maximum atomic E-state index is 10.5. The Morgan fingerprint density at radius 2 is 2.50 bits per heavy atom. The summed E-state index contributed by atoms with van der Waals surface area (Å²) in [4.78, 5) is 0. The van der Waals surface area contributed by atoms with Crippen molar-refractivity contribution in [2.75, 3.05) is 5.75 Å². The van der Waals surface area contributed by atoms with Crippen LogP contribution in [0, 0.1) is 0 Å². The van der Waals surface area contributed by atoms with E-state index in [0.717, 1.165) is 17.9 Å². The molecule has 0 aromatic carbocycles. The third kappa shape index (κ3) is 1.36. The largest absolute Gasteiger partial charge is 0.382 e. The molecule has 2 atom stereocenters. The highest BCUT2D eigenvalue weighted by atomic mass is 35.5. The topological polar surface area (TPSA) is 38.1 Å². The third-order valence-corrected chi connectivity index (χ3v) is 4.43. The number of aryl methyl sites for hydroxylation is 1. The minimum Gasteiger partial charge on any atom is -0.382 e. The molecule has 1 aromatic heterocycles. The van der Waals surface area contributed by atoms with Crippen molar-refractivity contribution in [1.29, 1.82) is 0 Å². The predicted molar refractivity (Wildman–Crippen MR) is 58.7 cm³/mol. The Bertz CT molecular complexity index is 335. The molecule has 0 aliphatic carbocycles. The van der Waals surface area contributed by atoms with E-state index in [1.807, 2.05) is 14.0 Å². The predicted octanol–water partition coefficient (Wildman–Crippen LogP) is 1.79. The Morgan fingerprint density at radius 1 is 1.79 bits per heavy atom. The summed E-state index contributed by atoms with van der Waals surface area (Å²) >= 11 is 7.80. The Balaban J connectivity index is 2.47. The van der Waals surface area contributed by atoms with Crippen LogP contribution in [0.3, 0.4) is 0 Å². The molecule has 0 radical (unpaired) electrons. The van der Waals surface area contributed by atoms with E-state index in [9.17, 15) is 5.11 Å². The molecule has 1 saturated heterocycles. The van der Waals surface area contributed by atoms with Gasteiger partial charge in [0.15, 0.2) is 0 Å². The standard InChI is InChI=1S/C9H13ClN2OS/c1-6-9(13,3-4-14-6)8-7(10)5-11-12(8)2/h5-6,13H,3-4H2,1-2H3. The summed E-state index contributed by atoms with van der Waals surface area (Å²) in [7, 11) is 1.81. The number of halogens is 1. The lowest BCUT2D eigenvalue weighted by atomic mass is 9.93. The molecular weight excluding hydrogens is 220 g/mol. The Morgan fingerprint density at radius 3 is 2.93 bits per heavy atom. The van der Waals surface area contributed by atoms with Crippen molar-refractivity contribution in [1.82, 2.24) is 9.78 Å². The van der Waals surface area contributed by atoms with Crippen LogP contribution in [-0.4, -0.2) is 25.9 Å². The van der Waals surface area contributed by atoms with Gasteiger partial charge in [-0.05, 0) is 12.2 Å². The number of rotatable bonds is 1. The van der Waals surface area contributed by atoms with Crippen molar-refractivity contribution in [3.05, 3.63) is 16.9 Å². The molecule has 0 spiro atoms. The molecule has 1 aliphatic rings. The summed E-state index contributed by atoms with van der Waals surface area (Å²) in [6, 6.07) is 0. The summed E-state index contributed by atoms with van der Waals surface area (Å²) in [6.45, 7) is 2.03. The highest BCUT2D eigenvalue weighted by Crippen LogP contribution is 2.44. The zero-order valence-corrected chi connectivity index (χ0v) is 9.77. The average Bonchev–Trinajstić information content (AvgIpc) is 2.60. The van der Waals surface area contributed by atoms with Gasteiger partial charge in [0.05, 0.1) is 16.9 Å². The maximum absolute atomic E-state index is 10.5. The second-order valence-electron chi connectivity index (χ2n) is 3.65. The first-order valence-electron chi connectivity index (χ1n) is 4.57. The van der Waals surface area contributed by atoms with E-state index in [4.69, 9.17) is 11.6 Å². The van der Waals surface area contributed by atoms with Crippen molar-refractivity contribution in [2.24, 2.45) is 7.05 Å². The van der Waals surface area contributed by atoms with Crippen LogP contribution >= 0.6 is 23.4 Å². The molecular formula is C9H13ClN2OS. The van der Waals surface area contributed by atoms with Gasteiger partial charge in [0, 0.05) is 12.3 Å². The van der Waals surface area contributed by atoms with Crippen molar-refractivity contribution < 1.29 is 5.11 Å². The molecule has 1 N–H and O–H groups in total. The maximum Gasteiger partial charge on any atom is 0.120 e. The molecule has 3 nitrogen and oxygen atoms in total. The van der Waals surface area contributed by atoms with Gasteiger partial charge in [-0.2, -0.15) is 16.9 Å². The number of thioether (sulfide) groups is 1. The summed E-state index contributed by atoms with van der Waals surface area (Å²) < 4.78 is 1.67. The lowest BCUT2D eigenvalue weighted by molar-refractivity contribution is 0.0345. The van der Waals surface area contributed by atoms with Gasteiger partial charge in [0.1, 0.15) is 5.60 Å². The number of hydrogen-bond acceptors (Lipinski definition) is 3. The average molecular weight is 233 g/mol. The van der Waals surface area contributed by atoms with Crippen molar-refractivity contribution in [3.8, 4) is 0 Å². The molecule has 0 bridgehead atoms.